The largest absolute Gasteiger partial charge is 0.236 e. The minimum absolute atomic E-state index is 0.0774. The predicted molar refractivity (Wildman–Crippen MR) is 50.7 cm³/mol. The average Bonchev–Trinajstić information content (AvgIpc) is 2.72. The van der Waals surface area contributed by atoms with Gasteiger partial charge in [-0.05, 0) is 23.4 Å². The van der Waals surface area contributed by atoms with E-state index < -0.39 is 9.84 Å². The Morgan fingerprint density at radius 1 is 1.40 bits per heavy atom. The lowest BCUT2D eigenvalue weighted by molar-refractivity contribution is 0.608. The average molecular weight is 223 g/mol. The molecule has 0 fully saturated rings. The predicted octanol–water partition coefficient (Wildman–Crippen LogP) is -0.0385. The number of tetrazole rings is 1. The zero-order valence-electron chi connectivity index (χ0n) is 7.62. The smallest absolute Gasteiger partial charge is 0.221 e. The van der Waals surface area contributed by atoms with Gasteiger partial charge in [-0.25, -0.2) is 13.4 Å². The maximum absolute atomic E-state index is 11.7. The third-order valence-electron chi connectivity index (χ3n) is 2.25. The number of aromatic nitrogens is 4. The second kappa shape index (κ2) is 2.40. The van der Waals surface area contributed by atoms with Crippen LogP contribution in [0.3, 0.4) is 0 Å². The molecule has 0 N–H and O–H groups in total. The summed E-state index contributed by atoms with van der Waals surface area (Å²) in [5.74, 6) is 0. The summed E-state index contributed by atoms with van der Waals surface area (Å²) in [7, 11) is -3.41. The van der Waals surface area contributed by atoms with E-state index in [1.165, 1.54) is 23.7 Å². The van der Waals surface area contributed by atoms with Gasteiger partial charge in [0.25, 0.3) is 0 Å². The standard InChI is InChI=1S/C7H5N5O2S/c1-4-8-6-5(15(4,13)14)2-3-12-7(6)9-10-11-12/h2-3H,1H3. The van der Waals surface area contributed by atoms with E-state index in [9.17, 15) is 8.42 Å². The summed E-state index contributed by atoms with van der Waals surface area (Å²) in [4.78, 5) is 4.14. The molecule has 1 aliphatic rings. The number of hydrogen-bond donors (Lipinski definition) is 0. The minimum atomic E-state index is -3.41. The van der Waals surface area contributed by atoms with Crippen molar-refractivity contribution >= 4 is 26.2 Å². The zero-order valence-corrected chi connectivity index (χ0v) is 8.43. The van der Waals surface area contributed by atoms with Gasteiger partial charge in [0.1, 0.15) is 15.6 Å². The molecule has 0 spiro atoms. The summed E-state index contributed by atoms with van der Waals surface area (Å²) in [6.07, 6.45) is 1.50. The Bertz CT molecular complexity index is 699. The highest BCUT2D eigenvalue weighted by molar-refractivity contribution is 8.06. The molecule has 2 aromatic heterocycles. The third-order valence-corrected chi connectivity index (χ3v) is 4.03. The molecule has 76 valence electrons. The van der Waals surface area contributed by atoms with E-state index in [-0.39, 0.29) is 9.94 Å². The van der Waals surface area contributed by atoms with Crippen molar-refractivity contribution in [3.05, 3.63) is 12.3 Å². The van der Waals surface area contributed by atoms with Crippen molar-refractivity contribution in [2.75, 3.05) is 0 Å². The molecular formula is C7H5N5O2S. The molecule has 0 unspecified atom stereocenters. The molecule has 8 heteroatoms. The van der Waals surface area contributed by atoms with Crippen LogP contribution in [0.2, 0.25) is 0 Å². The normalized spacial score (nSPS) is 17.8. The molecule has 0 amide bonds. The lowest BCUT2D eigenvalue weighted by atomic mass is 10.4. The van der Waals surface area contributed by atoms with Gasteiger partial charge in [0, 0.05) is 6.20 Å². The molecule has 0 saturated carbocycles. The summed E-state index contributed by atoms with van der Waals surface area (Å²) in [5.41, 5.74) is 0.674. The first-order valence-electron chi connectivity index (χ1n) is 4.12. The number of aliphatic imine (C=N–C) groups is 1. The number of sulfone groups is 1. The van der Waals surface area contributed by atoms with Gasteiger partial charge in [-0.3, -0.25) is 0 Å². The lowest BCUT2D eigenvalue weighted by Crippen LogP contribution is -2.06. The second-order valence-electron chi connectivity index (χ2n) is 3.11. The number of fused-ring (bicyclic) bond motifs is 3. The molecule has 0 aliphatic carbocycles. The monoisotopic (exact) mass is 223 g/mol. The first-order chi connectivity index (χ1) is 7.10. The molecule has 7 nitrogen and oxygen atoms in total. The van der Waals surface area contributed by atoms with Crippen molar-refractivity contribution in [1.82, 2.24) is 20.0 Å². The first kappa shape index (κ1) is 8.48. The number of nitrogens with zero attached hydrogens (tertiary/aromatic N) is 5. The number of pyridine rings is 1. The maximum Gasteiger partial charge on any atom is 0.221 e. The van der Waals surface area contributed by atoms with Gasteiger partial charge in [0.2, 0.25) is 15.5 Å². The van der Waals surface area contributed by atoms with Crippen LogP contribution in [0, 0.1) is 0 Å². The van der Waals surface area contributed by atoms with Crippen molar-refractivity contribution in [2.24, 2.45) is 4.99 Å². The Hall–Kier alpha value is -1.83. The summed E-state index contributed by atoms with van der Waals surface area (Å²) >= 11 is 0. The van der Waals surface area contributed by atoms with Crippen molar-refractivity contribution in [2.45, 2.75) is 11.8 Å². The molecule has 3 rings (SSSR count). The van der Waals surface area contributed by atoms with Crippen LogP contribution in [0.15, 0.2) is 22.2 Å². The van der Waals surface area contributed by atoms with E-state index in [1.807, 2.05) is 0 Å². The molecule has 15 heavy (non-hydrogen) atoms. The molecule has 1 aliphatic heterocycles. The Morgan fingerprint density at radius 2 is 2.20 bits per heavy atom. The van der Waals surface area contributed by atoms with E-state index in [0.29, 0.717) is 11.3 Å². The summed E-state index contributed by atoms with van der Waals surface area (Å²) < 4.78 is 24.9. The second-order valence-corrected chi connectivity index (χ2v) is 5.15. The highest BCUT2D eigenvalue weighted by Gasteiger charge is 2.31. The van der Waals surface area contributed by atoms with Gasteiger partial charge in [-0.1, -0.05) is 0 Å². The highest BCUT2D eigenvalue weighted by Crippen LogP contribution is 2.34. The molecule has 3 heterocycles. The fraction of sp³-hybridized carbons (Fsp3) is 0.143. The van der Waals surface area contributed by atoms with Crippen LogP contribution < -0.4 is 0 Å². The fourth-order valence-electron chi connectivity index (χ4n) is 1.48. The Morgan fingerprint density at radius 3 is 3.00 bits per heavy atom. The lowest BCUT2D eigenvalue weighted by Gasteiger charge is -1.96. The van der Waals surface area contributed by atoms with Crippen molar-refractivity contribution in [1.29, 1.82) is 0 Å². The van der Waals surface area contributed by atoms with Crippen LogP contribution in [0.25, 0.3) is 5.65 Å². The Kier molecular flexibility index (Phi) is 1.35. The Balaban J connectivity index is 2.54. The molecule has 0 saturated heterocycles. The maximum atomic E-state index is 11.7. The molecule has 0 atom stereocenters. The topological polar surface area (TPSA) is 89.6 Å². The Labute approximate surface area is 84.4 Å². The van der Waals surface area contributed by atoms with E-state index in [2.05, 4.69) is 20.5 Å². The molecular weight excluding hydrogens is 218 g/mol. The molecule has 0 bridgehead atoms. The van der Waals surface area contributed by atoms with Crippen LogP contribution in [0.1, 0.15) is 6.92 Å². The van der Waals surface area contributed by atoms with Crippen LogP contribution in [0.4, 0.5) is 5.69 Å². The minimum Gasteiger partial charge on any atom is -0.236 e. The van der Waals surface area contributed by atoms with Crippen molar-refractivity contribution in [3.8, 4) is 0 Å². The summed E-state index contributed by atoms with van der Waals surface area (Å²) in [6.45, 7) is 1.45. The van der Waals surface area contributed by atoms with Gasteiger partial charge in [0.15, 0.2) is 0 Å². The summed E-state index contributed by atoms with van der Waals surface area (Å²) in [6, 6.07) is 1.45. The van der Waals surface area contributed by atoms with Crippen LogP contribution in [0.5, 0.6) is 0 Å². The fourth-order valence-corrected chi connectivity index (χ4v) is 2.64. The van der Waals surface area contributed by atoms with E-state index >= 15 is 0 Å². The van der Waals surface area contributed by atoms with Gasteiger partial charge < -0.3 is 0 Å². The van der Waals surface area contributed by atoms with Crippen LogP contribution in [-0.4, -0.2) is 33.5 Å². The van der Waals surface area contributed by atoms with E-state index in [0.717, 1.165) is 0 Å². The van der Waals surface area contributed by atoms with Crippen molar-refractivity contribution < 1.29 is 8.42 Å². The van der Waals surface area contributed by atoms with E-state index in [1.54, 1.807) is 0 Å². The summed E-state index contributed by atoms with van der Waals surface area (Å²) in [5, 5.41) is 10.9. The number of rotatable bonds is 0. The molecule has 0 aromatic carbocycles. The molecule has 0 radical (unpaired) electrons. The molecule has 2 aromatic rings. The van der Waals surface area contributed by atoms with Gasteiger partial charge in [0.05, 0.1) is 0 Å². The van der Waals surface area contributed by atoms with Crippen LogP contribution in [-0.2, 0) is 9.84 Å². The van der Waals surface area contributed by atoms with Crippen molar-refractivity contribution in [3.63, 3.8) is 0 Å². The van der Waals surface area contributed by atoms with Crippen LogP contribution >= 0.6 is 0 Å². The van der Waals surface area contributed by atoms with E-state index in [4.69, 9.17) is 0 Å². The first-order valence-corrected chi connectivity index (χ1v) is 5.60. The number of hydrogen-bond acceptors (Lipinski definition) is 6. The van der Waals surface area contributed by atoms with Gasteiger partial charge in [-0.15, -0.1) is 5.10 Å². The zero-order chi connectivity index (χ0) is 10.6. The highest BCUT2D eigenvalue weighted by atomic mass is 32.2. The quantitative estimate of drug-likeness (QED) is 0.625. The van der Waals surface area contributed by atoms with Gasteiger partial charge in [-0.2, -0.15) is 4.52 Å². The third kappa shape index (κ3) is 0.911. The van der Waals surface area contributed by atoms with Gasteiger partial charge >= 0.3 is 0 Å². The SMILES string of the molecule is CC1=Nc2c(ccn3nnnc23)S1(=O)=O.